The maximum absolute atomic E-state index is 12.4. The van der Waals surface area contributed by atoms with Crippen LogP contribution in [-0.2, 0) is 10.0 Å². The summed E-state index contributed by atoms with van der Waals surface area (Å²) < 4.78 is 26.2. The second-order valence-electron chi connectivity index (χ2n) is 4.20. The second-order valence-corrected chi connectivity index (χ2v) is 5.99. The first-order chi connectivity index (χ1) is 7.93. The molecule has 1 aromatic carbocycles. The van der Waals surface area contributed by atoms with Gasteiger partial charge in [-0.05, 0) is 45.0 Å². The van der Waals surface area contributed by atoms with E-state index in [9.17, 15) is 8.42 Å². The molecule has 0 N–H and O–H groups in total. The van der Waals surface area contributed by atoms with Crippen LogP contribution >= 0.6 is 0 Å². The van der Waals surface area contributed by atoms with Crippen molar-refractivity contribution in [3.05, 3.63) is 53.3 Å². The van der Waals surface area contributed by atoms with E-state index in [0.717, 1.165) is 17.0 Å². The van der Waals surface area contributed by atoms with Gasteiger partial charge in [0, 0.05) is 11.4 Å². The number of nitrogens with zero attached hydrogens (tertiary/aromatic N) is 1. The molecule has 0 bridgehead atoms. The number of benzene rings is 1. The molecule has 0 spiro atoms. The van der Waals surface area contributed by atoms with Gasteiger partial charge in [-0.15, -0.1) is 0 Å². The maximum Gasteiger partial charge on any atom is 0.268 e. The first kappa shape index (κ1) is 11.9. The Kier molecular flexibility index (Phi) is 2.83. The molecule has 1 heterocycles. The predicted octanol–water partition coefficient (Wildman–Crippen LogP) is 2.65. The van der Waals surface area contributed by atoms with Crippen LogP contribution in [0.4, 0.5) is 0 Å². The van der Waals surface area contributed by atoms with Gasteiger partial charge in [0.2, 0.25) is 0 Å². The molecule has 1 aromatic heterocycles. The van der Waals surface area contributed by atoms with Gasteiger partial charge in [-0.3, -0.25) is 0 Å². The van der Waals surface area contributed by atoms with E-state index in [-0.39, 0.29) is 0 Å². The highest BCUT2D eigenvalue weighted by atomic mass is 32.2. The fourth-order valence-electron chi connectivity index (χ4n) is 1.85. The topological polar surface area (TPSA) is 39.1 Å². The van der Waals surface area contributed by atoms with Crippen molar-refractivity contribution in [2.75, 3.05) is 0 Å². The second kappa shape index (κ2) is 4.04. The average molecular weight is 249 g/mol. The highest BCUT2D eigenvalue weighted by Gasteiger charge is 2.19. The molecule has 0 aliphatic carbocycles. The van der Waals surface area contributed by atoms with E-state index in [0.29, 0.717) is 4.90 Å². The number of aromatic nitrogens is 1. The summed E-state index contributed by atoms with van der Waals surface area (Å²) in [5.74, 6) is 0. The Bertz CT molecular complexity index is 617. The fraction of sp³-hybridized carbons (Fsp3) is 0.231. The van der Waals surface area contributed by atoms with Crippen LogP contribution in [0, 0.1) is 20.8 Å². The van der Waals surface area contributed by atoms with Crippen LogP contribution in [0.2, 0.25) is 0 Å². The maximum atomic E-state index is 12.4. The average Bonchev–Trinajstić information content (AvgIpc) is 2.59. The molecule has 90 valence electrons. The van der Waals surface area contributed by atoms with E-state index in [1.165, 1.54) is 3.97 Å². The Hall–Kier alpha value is -1.55. The smallest absolute Gasteiger partial charge is 0.243 e. The van der Waals surface area contributed by atoms with E-state index in [2.05, 4.69) is 0 Å². The van der Waals surface area contributed by atoms with Gasteiger partial charge >= 0.3 is 0 Å². The molecule has 0 aliphatic heterocycles. The van der Waals surface area contributed by atoms with Gasteiger partial charge in [0.1, 0.15) is 0 Å². The lowest BCUT2D eigenvalue weighted by Crippen LogP contribution is -2.15. The molecular formula is C13H15NO2S. The molecule has 0 saturated carbocycles. The zero-order chi connectivity index (χ0) is 12.6. The van der Waals surface area contributed by atoms with Gasteiger partial charge in [0.05, 0.1) is 4.90 Å². The van der Waals surface area contributed by atoms with Gasteiger partial charge in [-0.2, -0.15) is 0 Å². The van der Waals surface area contributed by atoms with Crippen molar-refractivity contribution in [1.82, 2.24) is 3.97 Å². The monoisotopic (exact) mass is 249 g/mol. The predicted molar refractivity (Wildman–Crippen MR) is 67.7 cm³/mol. The highest BCUT2D eigenvalue weighted by Crippen LogP contribution is 2.19. The van der Waals surface area contributed by atoms with Crippen LogP contribution < -0.4 is 0 Å². The molecule has 0 aliphatic rings. The quantitative estimate of drug-likeness (QED) is 0.820. The third-order valence-electron chi connectivity index (χ3n) is 2.77. The van der Waals surface area contributed by atoms with Crippen molar-refractivity contribution in [1.29, 1.82) is 0 Å². The summed E-state index contributed by atoms with van der Waals surface area (Å²) in [7, 11) is -3.46. The van der Waals surface area contributed by atoms with Crippen molar-refractivity contribution < 1.29 is 8.42 Å². The third-order valence-corrected chi connectivity index (χ3v) is 4.69. The molecule has 17 heavy (non-hydrogen) atoms. The summed E-state index contributed by atoms with van der Waals surface area (Å²) >= 11 is 0. The Morgan fingerprint density at radius 3 is 1.76 bits per heavy atom. The summed E-state index contributed by atoms with van der Waals surface area (Å²) in [4.78, 5) is 0.325. The van der Waals surface area contributed by atoms with Gasteiger partial charge < -0.3 is 0 Å². The van der Waals surface area contributed by atoms with Crippen LogP contribution in [0.25, 0.3) is 0 Å². The van der Waals surface area contributed by atoms with Crippen LogP contribution in [0.1, 0.15) is 17.0 Å². The molecule has 4 heteroatoms. The van der Waals surface area contributed by atoms with Gasteiger partial charge in [0.15, 0.2) is 0 Å². The molecule has 0 saturated heterocycles. The number of hydrogen-bond donors (Lipinski definition) is 0. The Labute approximate surface area is 102 Å². The van der Waals surface area contributed by atoms with E-state index in [1.54, 1.807) is 50.2 Å². The van der Waals surface area contributed by atoms with Crippen LogP contribution in [-0.4, -0.2) is 12.4 Å². The minimum Gasteiger partial charge on any atom is -0.243 e. The van der Waals surface area contributed by atoms with E-state index in [4.69, 9.17) is 0 Å². The van der Waals surface area contributed by atoms with Crippen molar-refractivity contribution in [3.63, 3.8) is 0 Å². The third kappa shape index (κ3) is 2.00. The Morgan fingerprint density at radius 2 is 1.29 bits per heavy atom. The van der Waals surface area contributed by atoms with Crippen LogP contribution in [0.3, 0.4) is 0 Å². The summed E-state index contributed by atoms with van der Waals surface area (Å²) in [5, 5.41) is 0. The standard InChI is InChI=1S/C13H15NO2S/c1-10-4-8-13(9-5-10)17(15,16)14-11(2)6-7-12(14)3/h4-9H,1-3H3. The Balaban J connectivity index is 2.62. The molecule has 0 atom stereocenters. The number of aryl methyl sites for hydroxylation is 3. The number of hydrogen-bond acceptors (Lipinski definition) is 2. The molecule has 0 fully saturated rings. The van der Waals surface area contributed by atoms with Crippen LogP contribution in [0.5, 0.6) is 0 Å². The van der Waals surface area contributed by atoms with Crippen molar-refractivity contribution in [3.8, 4) is 0 Å². The normalized spacial score (nSPS) is 11.7. The highest BCUT2D eigenvalue weighted by molar-refractivity contribution is 7.90. The van der Waals surface area contributed by atoms with E-state index < -0.39 is 10.0 Å². The first-order valence-electron chi connectivity index (χ1n) is 5.40. The lowest BCUT2D eigenvalue weighted by Gasteiger charge is -2.10. The molecular weight excluding hydrogens is 234 g/mol. The largest absolute Gasteiger partial charge is 0.268 e. The fourth-order valence-corrected chi connectivity index (χ4v) is 3.42. The Morgan fingerprint density at radius 1 is 0.824 bits per heavy atom. The van der Waals surface area contributed by atoms with Gasteiger partial charge in [0.25, 0.3) is 10.0 Å². The van der Waals surface area contributed by atoms with Crippen molar-refractivity contribution in [2.45, 2.75) is 25.7 Å². The van der Waals surface area contributed by atoms with E-state index in [1.807, 2.05) is 6.92 Å². The minimum absolute atomic E-state index is 0.325. The minimum atomic E-state index is -3.46. The van der Waals surface area contributed by atoms with Crippen molar-refractivity contribution in [2.24, 2.45) is 0 Å². The lowest BCUT2D eigenvalue weighted by molar-refractivity contribution is 0.585. The summed E-state index contributed by atoms with van der Waals surface area (Å²) in [5.41, 5.74) is 2.50. The lowest BCUT2D eigenvalue weighted by atomic mass is 10.2. The summed E-state index contributed by atoms with van der Waals surface area (Å²) in [6.07, 6.45) is 0. The van der Waals surface area contributed by atoms with Crippen molar-refractivity contribution >= 4 is 10.0 Å². The molecule has 2 rings (SSSR count). The molecule has 0 radical (unpaired) electrons. The zero-order valence-corrected chi connectivity index (χ0v) is 11.0. The van der Waals surface area contributed by atoms with Crippen LogP contribution in [0.15, 0.2) is 41.3 Å². The zero-order valence-electron chi connectivity index (χ0n) is 10.1. The van der Waals surface area contributed by atoms with E-state index >= 15 is 0 Å². The SMILES string of the molecule is Cc1ccc(S(=O)(=O)n2c(C)ccc2C)cc1. The molecule has 0 unspecified atom stereocenters. The first-order valence-corrected chi connectivity index (χ1v) is 6.84. The number of rotatable bonds is 2. The summed E-state index contributed by atoms with van der Waals surface area (Å²) in [6, 6.07) is 10.5. The van der Waals surface area contributed by atoms with Gasteiger partial charge in [-0.1, -0.05) is 17.7 Å². The summed E-state index contributed by atoms with van der Waals surface area (Å²) in [6.45, 7) is 5.51. The molecule has 3 nitrogen and oxygen atoms in total. The molecule has 0 amide bonds. The van der Waals surface area contributed by atoms with Gasteiger partial charge in [-0.25, -0.2) is 12.4 Å². The molecule has 2 aromatic rings.